The maximum atomic E-state index is 5.16. The second kappa shape index (κ2) is 8.56. The summed E-state index contributed by atoms with van der Waals surface area (Å²) in [5, 5.41) is 0. The van der Waals surface area contributed by atoms with Crippen LogP contribution in [-0.4, -0.2) is 15.0 Å². The van der Waals surface area contributed by atoms with Gasteiger partial charge in [-0.25, -0.2) is 15.0 Å². The topological polar surface area (TPSA) is 38.7 Å². The Hall–Kier alpha value is -4.89. The molecule has 0 saturated carbocycles. The van der Waals surface area contributed by atoms with Gasteiger partial charge in [0, 0.05) is 16.5 Å². The van der Waals surface area contributed by atoms with Gasteiger partial charge in [0.05, 0.1) is 5.92 Å². The average Bonchev–Trinajstić information content (AvgIpc) is 3.45. The molecule has 5 aromatic carbocycles. The van der Waals surface area contributed by atoms with Crippen molar-refractivity contribution in [2.75, 3.05) is 0 Å². The highest BCUT2D eigenvalue weighted by Gasteiger charge is 2.40. The highest BCUT2D eigenvalue weighted by molar-refractivity contribution is 5.89. The van der Waals surface area contributed by atoms with Crippen LogP contribution in [0.15, 0.2) is 121 Å². The molecule has 0 N–H and O–H groups in total. The second-order valence-corrected chi connectivity index (χ2v) is 11.2. The van der Waals surface area contributed by atoms with Crippen molar-refractivity contribution in [1.82, 2.24) is 15.0 Å². The normalized spacial score (nSPS) is 15.7. The molecule has 1 heterocycles. The summed E-state index contributed by atoms with van der Waals surface area (Å²) in [5.41, 5.74) is 12.4. The number of hydrogen-bond acceptors (Lipinski definition) is 3. The summed E-state index contributed by atoms with van der Waals surface area (Å²) >= 11 is 0. The molecule has 0 amide bonds. The molecule has 0 fully saturated rings. The van der Waals surface area contributed by atoms with E-state index in [1.807, 2.05) is 36.4 Å². The SMILES string of the molecule is CC1(C)c2ccccc2-c2cc3c(cc21)C(c1nc(-c2ccccc2)nc(-c2ccccc2)n1)c1ccccc1-3. The van der Waals surface area contributed by atoms with Crippen LogP contribution in [0, 0.1) is 0 Å². The largest absolute Gasteiger partial charge is 0.212 e. The highest BCUT2D eigenvalue weighted by Crippen LogP contribution is 2.55. The lowest BCUT2D eigenvalue weighted by Crippen LogP contribution is -2.16. The molecule has 0 bridgehead atoms. The molecule has 0 saturated heterocycles. The van der Waals surface area contributed by atoms with Gasteiger partial charge < -0.3 is 0 Å². The molecule has 1 atom stereocenters. The first-order valence-electron chi connectivity index (χ1n) is 13.8. The third kappa shape index (κ3) is 3.34. The van der Waals surface area contributed by atoms with E-state index in [0.717, 1.165) is 17.0 Å². The molecule has 40 heavy (non-hydrogen) atoms. The average molecular weight is 514 g/mol. The van der Waals surface area contributed by atoms with Crippen LogP contribution in [0.5, 0.6) is 0 Å². The Morgan fingerprint density at radius 3 is 1.73 bits per heavy atom. The Labute approximate surface area is 234 Å². The van der Waals surface area contributed by atoms with E-state index in [2.05, 4.69) is 98.8 Å². The van der Waals surface area contributed by atoms with E-state index in [-0.39, 0.29) is 11.3 Å². The van der Waals surface area contributed by atoms with Gasteiger partial charge in [0.25, 0.3) is 0 Å². The number of hydrogen-bond donors (Lipinski definition) is 0. The smallest absolute Gasteiger partial charge is 0.163 e. The lowest BCUT2D eigenvalue weighted by Gasteiger charge is -2.23. The van der Waals surface area contributed by atoms with Gasteiger partial charge in [0.1, 0.15) is 5.82 Å². The van der Waals surface area contributed by atoms with Crippen LogP contribution in [0.25, 0.3) is 45.0 Å². The minimum atomic E-state index is -0.0797. The number of fused-ring (bicyclic) bond motifs is 6. The molecule has 3 nitrogen and oxygen atoms in total. The zero-order valence-electron chi connectivity index (χ0n) is 22.5. The number of nitrogens with zero attached hydrogens (tertiary/aromatic N) is 3. The standard InChI is InChI=1S/C37H27N3/c1-37(2)31-20-12-11-18-26(31)29-21-28-25-17-9-10-19-27(25)33(30(28)22-32(29)37)36-39-34(23-13-5-3-6-14-23)38-35(40-36)24-15-7-4-8-16-24/h3-22,33H,1-2H3. The predicted molar refractivity (Wildman–Crippen MR) is 161 cm³/mol. The van der Waals surface area contributed by atoms with Crippen molar-refractivity contribution in [3.05, 3.63) is 149 Å². The van der Waals surface area contributed by atoms with Crippen LogP contribution in [0.3, 0.4) is 0 Å². The quantitative estimate of drug-likeness (QED) is 0.237. The Balaban J connectivity index is 1.39. The van der Waals surface area contributed by atoms with Gasteiger partial charge in [-0.05, 0) is 50.6 Å². The van der Waals surface area contributed by atoms with Crippen molar-refractivity contribution in [3.63, 3.8) is 0 Å². The van der Waals surface area contributed by atoms with Crippen molar-refractivity contribution in [2.24, 2.45) is 0 Å². The maximum absolute atomic E-state index is 5.16. The van der Waals surface area contributed by atoms with Crippen LogP contribution in [-0.2, 0) is 5.41 Å². The van der Waals surface area contributed by atoms with Gasteiger partial charge in [0.15, 0.2) is 11.6 Å². The number of benzene rings is 5. The van der Waals surface area contributed by atoms with E-state index < -0.39 is 0 Å². The molecule has 2 aliphatic carbocycles. The number of rotatable bonds is 3. The summed E-state index contributed by atoms with van der Waals surface area (Å²) in [6.07, 6.45) is 0. The molecule has 190 valence electrons. The van der Waals surface area contributed by atoms with Crippen LogP contribution in [0.1, 0.15) is 47.8 Å². The van der Waals surface area contributed by atoms with Crippen molar-refractivity contribution in [2.45, 2.75) is 25.2 Å². The summed E-state index contributed by atoms with van der Waals surface area (Å²) in [6, 6.07) is 42.9. The summed E-state index contributed by atoms with van der Waals surface area (Å²) in [4.78, 5) is 15.3. The third-order valence-corrected chi connectivity index (χ3v) is 8.60. The molecule has 3 heteroatoms. The second-order valence-electron chi connectivity index (χ2n) is 11.2. The Morgan fingerprint density at radius 1 is 0.475 bits per heavy atom. The predicted octanol–water partition coefficient (Wildman–Crippen LogP) is 8.67. The first-order valence-corrected chi connectivity index (χ1v) is 13.8. The maximum Gasteiger partial charge on any atom is 0.163 e. The molecule has 2 aliphatic rings. The Kier molecular flexibility index (Phi) is 4.93. The summed E-state index contributed by atoms with van der Waals surface area (Å²) in [6.45, 7) is 4.68. The zero-order chi connectivity index (χ0) is 26.8. The lowest BCUT2D eigenvalue weighted by molar-refractivity contribution is 0.659. The van der Waals surface area contributed by atoms with Gasteiger partial charge in [-0.1, -0.05) is 129 Å². The van der Waals surface area contributed by atoms with Gasteiger partial charge in [-0.2, -0.15) is 0 Å². The van der Waals surface area contributed by atoms with Crippen molar-refractivity contribution >= 4 is 0 Å². The van der Waals surface area contributed by atoms with Crippen LogP contribution in [0.4, 0.5) is 0 Å². The van der Waals surface area contributed by atoms with Crippen molar-refractivity contribution in [1.29, 1.82) is 0 Å². The van der Waals surface area contributed by atoms with E-state index in [9.17, 15) is 0 Å². The highest BCUT2D eigenvalue weighted by atomic mass is 15.0. The van der Waals surface area contributed by atoms with E-state index in [1.165, 1.54) is 44.5 Å². The van der Waals surface area contributed by atoms with E-state index in [4.69, 9.17) is 15.0 Å². The van der Waals surface area contributed by atoms with Crippen LogP contribution >= 0.6 is 0 Å². The molecule has 8 rings (SSSR count). The van der Waals surface area contributed by atoms with Crippen molar-refractivity contribution < 1.29 is 0 Å². The fourth-order valence-electron chi connectivity index (χ4n) is 6.63. The molecule has 1 aromatic heterocycles. The fourth-order valence-corrected chi connectivity index (χ4v) is 6.63. The summed E-state index contributed by atoms with van der Waals surface area (Å²) in [7, 11) is 0. The molecular weight excluding hydrogens is 486 g/mol. The third-order valence-electron chi connectivity index (χ3n) is 8.60. The minimum Gasteiger partial charge on any atom is -0.212 e. The molecule has 0 aliphatic heterocycles. The van der Waals surface area contributed by atoms with Crippen LogP contribution < -0.4 is 0 Å². The summed E-state index contributed by atoms with van der Waals surface area (Å²) < 4.78 is 0. The van der Waals surface area contributed by atoms with E-state index in [0.29, 0.717) is 11.6 Å². The monoisotopic (exact) mass is 513 g/mol. The van der Waals surface area contributed by atoms with E-state index >= 15 is 0 Å². The molecular formula is C37H27N3. The molecule has 0 radical (unpaired) electrons. The van der Waals surface area contributed by atoms with Gasteiger partial charge >= 0.3 is 0 Å². The Morgan fingerprint density at radius 2 is 1.05 bits per heavy atom. The number of aromatic nitrogens is 3. The lowest BCUT2D eigenvalue weighted by atomic mass is 9.81. The summed E-state index contributed by atoms with van der Waals surface area (Å²) in [5.74, 6) is 2.10. The van der Waals surface area contributed by atoms with Crippen molar-refractivity contribution in [3.8, 4) is 45.0 Å². The van der Waals surface area contributed by atoms with Gasteiger partial charge in [-0.3, -0.25) is 0 Å². The molecule has 6 aromatic rings. The molecule has 1 unspecified atom stereocenters. The fraction of sp³-hybridized carbons (Fsp3) is 0.108. The Bertz CT molecular complexity index is 1870. The van der Waals surface area contributed by atoms with Crippen LogP contribution in [0.2, 0.25) is 0 Å². The van der Waals surface area contributed by atoms with Gasteiger partial charge in [-0.15, -0.1) is 0 Å². The molecule has 0 spiro atoms. The minimum absolute atomic E-state index is 0.0796. The van der Waals surface area contributed by atoms with E-state index in [1.54, 1.807) is 0 Å². The first kappa shape index (κ1) is 23.0. The van der Waals surface area contributed by atoms with Gasteiger partial charge in [0.2, 0.25) is 0 Å². The first-order chi connectivity index (χ1) is 19.6. The zero-order valence-corrected chi connectivity index (χ0v) is 22.5.